The van der Waals surface area contributed by atoms with Gasteiger partial charge >= 0.3 is 0 Å². The summed E-state index contributed by atoms with van der Waals surface area (Å²) in [4.78, 5) is 40.1. The Morgan fingerprint density at radius 3 is 1.80 bits per heavy atom. The molecule has 0 bridgehead atoms. The first kappa shape index (κ1) is 32.7. The van der Waals surface area contributed by atoms with E-state index in [4.69, 9.17) is 11.3 Å². The first-order valence-corrected chi connectivity index (χ1v) is 12.6. The lowest BCUT2D eigenvalue weighted by molar-refractivity contribution is -0.149. The molecule has 0 aliphatic heterocycles. The van der Waals surface area contributed by atoms with Gasteiger partial charge in [-0.05, 0) is 52.9 Å². The van der Waals surface area contributed by atoms with Crippen LogP contribution in [0.2, 0.25) is 0 Å². The second-order valence-electron chi connectivity index (χ2n) is 13.1. The second kappa shape index (κ2) is 13.1. The van der Waals surface area contributed by atoms with Crippen LogP contribution in [0.3, 0.4) is 0 Å². The zero-order chi connectivity index (χ0) is 27.7. The molecular weight excluding hydrogens is 444 g/mol. The van der Waals surface area contributed by atoms with Crippen LogP contribution >= 0.6 is 0 Å². The molecule has 0 spiro atoms. The fraction of sp³-hybridized carbons (Fsp3) is 0.885. The van der Waals surface area contributed by atoms with E-state index in [0.29, 0.717) is 19.5 Å². The molecule has 0 aromatic carbocycles. The minimum Gasteiger partial charge on any atom is -0.369 e. The zero-order valence-electron chi connectivity index (χ0n) is 23.7. The van der Waals surface area contributed by atoms with Crippen LogP contribution in [0, 0.1) is 33.5 Å². The molecule has 9 heteroatoms. The van der Waals surface area contributed by atoms with E-state index in [0.717, 1.165) is 19.3 Å². The lowest BCUT2D eigenvalue weighted by atomic mass is 9.50. The number of amides is 3. The average Bonchev–Trinajstić information content (AvgIpc) is 2.67. The number of carbonyl (C=O) groups excluding carboxylic acids is 3. The normalized spacial score (nSPS) is 14.5. The fourth-order valence-electron chi connectivity index (χ4n) is 5.07. The maximum Gasteiger partial charge on any atom is 0.225 e. The van der Waals surface area contributed by atoms with Crippen molar-refractivity contribution in [3.05, 3.63) is 10.4 Å². The van der Waals surface area contributed by atoms with Crippen LogP contribution in [0.5, 0.6) is 0 Å². The Morgan fingerprint density at radius 2 is 1.37 bits per heavy atom. The fourth-order valence-corrected chi connectivity index (χ4v) is 5.07. The predicted octanol–water partition coefficient (Wildman–Crippen LogP) is 4.95. The third-order valence-electron chi connectivity index (χ3n) is 7.29. The third kappa shape index (κ3) is 10.5. The summed E-state index contributed by atoms with van der Waals surface area (Å²) in [5.41, 5.74) is 12.7. The highest BCUT2D eigenvalue weighted by atomic mass is 16.2. The molecule has 202 valence electrons. The van der Waals surface area contributed by atoms with Gasteiger partial charge in [0, 0.05) is 29.8 Å². The third-order valence-corrected chi connectivity index (χ3v) is 7.29. The monoisotopic (exact) mass is 494 g/mol. The highest BCUT2D eigenvalue weighted by Gasteiger charge is 2.55. The van der Waals surface area contributed by atoms with Gasteiger partial charge in [0.15, 0.2) is 0 Å². The van der Waals surface area contributed by atoms with Crippen LogP contribution in [0.15, 0.2) is 5.11 Å². The van der Waals surface area contributed by atoms with Gasteiger partial charge in [0.1, 0.15) is 6.54 Å². The molecule has 2 unspecified atom stereocenters. The van der Waals surface area contributed by atoms with Crippen molar-refractivity contribution in [2.24, 2.45) is 44.3 Å². The van der Waals surface area contributed by atoms with E-state index in [1.54, 1.807) is 0 Å². The van der Waals surface area contributed by atoms with Gasteiger partial charge in [-0.25, -0.2) is 0 Å². The number of rotatable bonds is 14. The standard InChI is InChI=1S/C26H50N6O3/c1-23(2,3)16-18(21(27)34)25(7,8)26(9,10)20(24(4,5)6)22(35)30-15-13-11-12-14-29-19(33)17-31-32-28/h18,20H,11-17H2,1-10H3,(H2,27,34)(H,29,33)(H,30,35). The first-order chi connectivity index (χ1) is 15.8. The minimum atomic E-state index is -0.519. The predicted molar refractivity (Wildman–Crippen MR) is 141 cm³/mol. The molecule has 0 aliphatic carbocycles. The van der Waals surface area contributed by atoms with Crippen LogP contribution in [0.4, 0.5) is 0 Å². The largest absolute Gasteiger partial charge is 0.369 e. The van der Waals surface area contributed by atoms with Crippen molar-refractivity contribution in [3.8, 4) is 0 Å². The van der Waals surface area contributed by atoms with Gasteiger partial charge in [-0.1, -0.05) is 74.4 Å². The molecule has 3 amide bonds. The van der Waals surface area contributed by atoms with E-state index >= 15 is 0 Å². The van der Waals surface area contributed by atoms with E-state index < -0.39 is 10.8 Å². The lowest BCUT2D eigenvalue weighted by Gasteiger charge is -2.54. The summed E-state index contributed by atoms with van der Waals surface area (Å²) in [6, 6.07) is 0. The van der Waals surface area contributed by atoms with Crippen molar-refractivity contribution in [1.82, 2.24) is 10.6 Å². The molecule has 2 atom stereocenters. The molecule has 0 heterocycles. The number of nitrogens with one attached hydrogen (secondary N) is 2. The van der Waals surface area contributed by atoms with Gasteiger partial charge in [-0.3, -0.25) is 14.4 Å². The summed E-state index contributed by atoms with van der Waals surface area (Å²) in [5, 5.41) is 9.04. The first-order valence-electron chi connectivity index (χ1n) is 12.6. The van der Waals surface area contributed by atoms with Gasteiger partial charge in [0.2, 0.25) is 17.7 Å². The van der Waals surface area contributed by atoms with E-state index in [2.05, 4.69) is 89.9 Å². The van der Waals surface area contributed by atoms with Crippen LogP contribution in [-0.2, 0) is 14.4 Å². The topological polar surface area (TPSA) is 150 Å². The number of unbranched alkanes of at least 4 members (excludes halogenated alkanes) is 2. The quantitative estimate of drug-likeness (QED) is 0.136. The summed E-state index contributed by atoms with van der Waals surface area (Å²) in [6.07, 6.45) is 3.04. The number of nitrogens with two attached hydrogens (primary N) is 1. The molecule has 0 fully saturated rings. The van der Waals surface area contributed by atoms with Crippen molar-refractivity contribution in [3.63, 3.8) is 0 Å². The molecule has 4 N–H and O–H groups in total. The average molecular weight is 495 g/mol. The van der Waals surface area contributed by atoms with Crippen molar-refractivity contribution in [2.75, 3.05) is 19.6 Å². The molecular formula is C26H50N6O3. The van der Waals surface area contributed by atoms with Gasteiger partial charge in [0.05, 0.1) is 0 Å². The van der Waals surface area contributed by atoms with Gasteiger partial charge in [0.25, 0.3) is 0 Å². The van der Waals surface area contributed by atoms with Crippen molar-refractivity contribution in [1.29, 1.82) is 0 Å². The maximum atomic E-state index is 13.5. The van der Waals surface area contributed by atoms with E-state index in [1.165, 1.54) is 0 Å². The molecule has 0 saturated heterocycles. The maximum absolute atomic E-state index is 13.5. The van der Waals surface area contributed by atoms with Crippen LogP contribution in [-0.4, -0.2) is 37.4 Å². The van der Waals surface area contributed by atoms with Crippen molar-refractivity contribution < 1.29 is 14.4 Å². The number of azide groups is 1. The van der Waals surface area contributed by atoms with Crippen molar-refractivity contribution in [2.45, 2.75) is 94.9 Å². The number of primary amides is 1. The SMILES string of the molecule is CC(C)(C)CC(C(N)=O)C(C)(C)C(C)(C)C(C(=O)NCCCCCNC(=O)CN=[N+]=[N-])C(C)(C)C. The number of carbonyl (C=O) groups is 3. The Hall–Kier alpha value is -2.28. The molecule has 9 nitrogen and oxygen atoms in total. The van der Waals surface area contributed by atoms with Gasteiger partial charge < -0.3 is 16.4 Å². The lowest BCUT2D eigenvalue weighted by Crippen LogP contribution is -2.56. The van der Waals surface area contributed by atoms with Gasteiger partial charge in [-0.2, -0.15) is 0 Å². The summed E-state index contributed by atoms with van der Waals surface area (Å²) >= 11 is 0. The summed E-state index contributed by atoms with van der Waals surface area (Å²) in [7, 11) is 0. The van der Waals surface area contributed by atoms with Crippen LogP contribution < -0.4 is 16.4 Å². The Labute approximate surface area is 212 Å². The van der Waals surface area contributed by atoms with Crippen LogP contribution in [0.1, 0.15) is 94.9 Å². The van der Waals surface area contributed by atoms with E-state index in [-0.39, 0.29) is 46.9 Å². The highest BCUT2D eigenvalue weighted by molar-refractivity contribution is 5.81. The Balaban J connectivity index is 5.28. The van der Waals surface area contributed by atoms with Crippen LogP contribution in [0.25, 0.3) is 10.4 Å². The minimum absolute atomic E-state index is 0.0165. The Morgan fingerprint density at radius 1 is 0.857 bits per heavy atom. The van der Waals surface area contributed by atoms with E-state index in [9.17, 15) is 14.4 Å². The number of nitrogens with zero attached hydrogens (tertiary/aromatic N) is 3. The van der Waals surface area contributed by atoms with E-state index in [1.807, 2.05) is 0 Å². The number of hydrogen-bond donors (Lipinski definition) is 3. The molecule has 0 aromatic heterocycles. The smallest absolute Gasteiger partial charge is 0.225 e. The second-order valence-corrected chi connectivity index (χ2v) is 13.1. The number of hydrogen-bond acceptors (Lipinski definition) is 4. The molecule has 0 radical (unpaired) electrons. The molecule has 0 rings (SSSR count). The Kier molecular flexibility index (Phi) is 12.3. The molecule has 35 heavy (non-hydrogen) atoms. The molecule has 0 aliphatic rings. The molecule has 0 saturated carbocycles. The summed E-state index contributed by atoms with van der Waals surface area (Å²) in [5.74, 6) is -1.35. The highest BCUT2D eigenvalue weighted by Crippen LogP contribution is 2.56. The van der Waals surface area contributed by atoms with Crippen molar-refractivity contribution >= 4 is 17.7 Å². The Bertz CT molecular complexity index is 771. The molecule has 0 aromatic rings. The summed E-state index contributed by atoms with van der Waals surface area (Å²) < 4.78 is 0. The summed E-state index contributed by atoms with van der Waals surface area (Å²) in [6.45, 7) is 21.7. The zero-order valence-corrected chi connectivity index (χ0v) is 23.7. The van der Waals surface area contributed by atoms with Gasteiger partial charge in [-0.15, -0.1) is 0 Å².